The van der Waals surface area contributed by atoms with Gasteiger partial charge in [0.25, 0.3) is 0 Å². The van der Waals surface area contributed by atoms with E-state index in [1.54, 1.807) is 17.4 Å². The number of fused-ring (bicyclic) bond motifs is 1. The van der Waals surface area contributed by atoms with Gasteiger partial charge in [-0.25, -0.2) is 13.1 Å². The van der Waals surface area contributed by atoms with Crippen LogP contribution in [0.2, 0.25) is 0 Å². The highest BCUT2D eigenvalue weighted by Gasteiger charge is 2.18. The van der Waals surface area contributed by atoms with Crippen LogP contribution in [-0.2, 0) is 16.6 Å². The van der Waals surface area contributed by atoms with Crippen LogP contribution in [0.5, 0.6) is 11.5 Å². The van der Waals surface area contributed by atoms with Crippen LogP contribution in [-0.4, -0.2) is 21.6 Å². The third-order valence-electron chi connectivity index (χ3n) is 4.26. The molecule has 1 aliphatic heterocycles. The number of sulfonamides is 1. The molecule has 0 atom stereocenters. The molecule has 0 bridgehead atoms. The second-order valence-corrected chi connectivity index (χ2v) is 8.87. The number of hydrogen-bond donors (Lipinski definition) is 1. The molecule has 5 nitrogen and oxygen atoms in total. The molecular formula is C20H19NO4S2. The van der Waals surface area contributed by atoms with E-state index >= 15 is 0 Å². The molecule has 27 heavy (non-hydrogen) atoms. The lowest BCUT2D eigenvalue weighted by Crippen LogP contribution is -2.23. The summed E-state index contributed by atoms with van der Waals surface area (Å²) in [7, 11) is -3.64. The van der Waals surface area contributed by atoms with E-state index in [4.69, 9.17) is 9.47 Å². The highest BCUT2D eigenvalue weighted by atomic mass is 32.2. The van der Waals surface area contributed by atoms with Gasteiger partial charge in [-0.2, -0.15) is 0 Å². The molecule has 2 aromatic carbocycles. The maximum Gasteiger partial charge on any atom is 0.241 e. The van der Waals surface area contributed by atoms with Crippen molar-refractivity contribution in [1.29, 1.82) is 0 Å². The SMILES string of the molecule is O=S(=O)(NCc1ccc(-c2cccs2)cc1)c1ccc2c(c1)OCCCO2. The fourth-order valence-corrected chi connectivity index (χ4v) is 4.57. The maximum atomic E-state index is 12.6. The van der Waals surface area contributed by atoms with Gasteiger partial charge in [-0.1, -0.05) is 30.3 Å². The Hall–Kier alpha value is -2.35. The Balaban J connectivity index is 1.46. The molecule has 1 aliphatic rings. The summed E-state index contributed by atoms with van der Waals surface area (Å²) in [5.41, 5.74) is 2.02. The van der Waals surface area contributed by atoms with Crippen molar-refractivity contribution in [2.45, 2.75) is 17.9 Å². The van der Waals surface area contributed by atoms with Crippen LogP contribution in [0.1, 0.15) is 12.0 Å². The maximum absolute atomic E-state index is 12.6. The first-order valence-corrected chi connectivity index (χ1v) is 11.0. The van der Waals surface area contributed by atoms with Crippen LogP contribution < -0.4 is 14.2 Å². The normalized spacial score (nSPS) is 13.9. The summed E-state index contributed by atoms with van der Waals surface area (Å²) in [4.78, 5) is 1.36. The third kappa shape index (κ3) is 4.16. The van der Waals surface area contributed by atoms with E-state index in [1.807, 2.05) is 35.7 Å². The number of nitrogens with one attached hydrogen (secondary N) is 1. The van der Waals surface area contributed by atoms with Crippen molar-refractivity contribution in [3.05, 3.63) is 65.5 Å². The predicted molar refractivity (Wildman–Crippen MR) is 106 cm³/mol. The Morgan fingerprint density at radius 2 is 1.74 bits per heavy atom. The van der Waals surface area contributed by atoms with Gasteiger partial charge < -0.3 is 9.47 Å². The van der Waals surface area contributed by atoms with Gasteiger partial charge in [-0.05, 0) is 34.7 Å². The zero-order valence-corrected chi connectivity index (χ0v) is 16.2. The lowest BCUT2D eigenvalue weighted by Gasteiger charge is -2.11. The van der Waals surface area contributed by atoms with Gasteiger partial charge in [0.15, 0.2) is 11.5 Å². The van der Waals surface area contributed by atoms with Crippen molar-refractivity contribution < 1.29 is 17.9 Å². The van der Waals surface area contributed by atoms with Crippen molar-refractivity contribution in [2.24, 2.45) is 0 Å². The zero-order chi connectivity index (χ0) is 18.7. The third-order valence-corrected chi connectivity index (χ3v) is 6.57. The lowest BCUT2D eigenvalue weighted by atomic mass is 10.1. The van der Waals surface area contributed by atoms with E-state index in [2.05, 4.69) is 10.8 Å². The average molecular weight is 402 g/mol. The van der Waals surface area contributed by atoms with Crippen LogP contribution in [0, 0.1) is 0 Å². The van der Waals surface area contributed by atoms with Gasteiger partial charge in [-0.15, -0.1) is 11.3 Å². The first-order valence-electron chi connectivity index (χ1n) is 8.64. The quantitative estimate of drug-likeness (QED) is 0.700. The first-order chi connectivity index (χ1) is 13.1. The topological polar surface area (TPSA) is 64.6 Å². The van der Waals surface area contributed by atoms with Crippen LogP contribution >= 0.6 is 11.3 Å². The molecule has 140 valence electrons. The molecule has 0 aliphatic carbocycles. The molecule has 0 fully saturated rings. The molecule has 1 N–H and O–H groups in total. The monoisotopic (exact) mass is 401 g/mol. The van der Waals surface area contributed by atoms with Crippen molar-refractivity contribution >= 4 is 21.4 Å². The van der Waals surface area contributed by atoms with Gasteiger partial charge in [0.2, 0.25) is 10.0 Å². The van der Waals surface area contributed by atoms with Crippen molar-refractivity contribution in [3.63, 3.8) is 0 Å². The van der Waals surface area contributed by atoms with Crippen LogP contribution in [0.15, 0.2) is 64.9 Å². The Labute approximate surface area is 162 Å². The fourth-order valence-electron chi connectivity index (χ4n) is 2.80. The lowest BCUT2D eigenvalue weighted by molar-refractivity contribution is 0.297. The Bertz CT molecular complexity index is 1010. The van der Waals surface area contributed by atoms with Gasteiger partial charge in [0, 0.05) is 23.9 Å². The highest BCUT2D eigenvalue weighted by molar-refractivity contribution is 7.89. The average Bonchev–Trinajstić information content (AvgIpc) is 3.12. The van der Waals surface area contributed by atoms with Gasteiger partial charge in [0.05, 0.1) is 18.1 Å². The second kappa shape index (κ2) is 7.72. The molecule has 0 saturated heterocycles. The summed E-state index contributed by atoms with van der Waals surface area (Å²) in [5.74, 6) is 1.05. The minimum atomic E-state index is -3.64. The molecule has 1 aromatic heterocycles. The van der Waals surface area contributed by atoms with Gasteiger partial charge in [-0.3, -0.25) is 0 Å². The first kappa shape index (κ1) is 18.0. The van der Waals surface area contributed by atoms with Crippen molar-refractivity contribution in [2.75, 3.05) is 13.2 Å². The Morgan fingerprint density at radius 3 is 2.48 bits per heavy atom. The van der Waals surface area contributed by atoms with E-state index in [-0.39, 0.29) is 11.4 Å². The second-order valence-electron chi connectivity index (χ2n) is 6.16. The van der Waals surface area contributed by atoms with E-state index in [0.717, 1.165) is 17.5 Å². The summed E-state index contributed by atoms with van der Waals surface area (Å²) >= 11 is 1.68. The highest BCUT2D eigenvalue weighted by Crippen LogP contribution is 2.32. The number of thiophene rings is 1. The van der Waals surface area contributed by atoms with E-state index in [1.165, 1.54) is 17.0 Å². The molecule has 4 rings (SSSR count). The fraction of sp³-hybridized carbons (Fsp3) is 0.200. The van der Waals surface area contributed by atoms with Crippen molar-refractivity contribution in [3.8, 4) is 21.9 Å². The summed E-state index contributed by atoms with van der Waals surface area (Å²) in [6.07, 6.45) is 0.774. The largest absolute Gasteiger partial charge is 0.490 e. The minimum absolute atomic E-state index is 0.168. The van der Waals surface area contributed by atoms with Crippen molar-refractivity contribution in [1.82, 2.24) is 4.72 Å². The number of ether oxygens (including phenoxy) is 2. The molecule has 0 spiro atoms. The van der Waals surface area contributed by atoms with Gasteiger partial charge in [0.1, 0.15) is 0 Å². The predicted octanol–water partition coefficient (Wildman–Crippen LogP) is 4.05. The number of rotatable bonds is 5. The molecule has 0 amide bonds. The minimum Gasteiger partial charge on any atom is -0.490 e. The van der Waals surface area contributed by atoms with Crippen LogP contribution in [0.4, 0.5) is 0 Å². The molecule has 3 aromatic rings. The molecule has 0 unspecified atom stereocenters. The zero-order valence-electron chi connectivity index (χ0n) is 14.6. The summed E-state index contributed by atoms with van der Waals surface area (Å²) in [6, 6.07) is 16.6. The summed E-state index contributed by atoms with van der Waals surface area (Å²) in [6.45, 7) is 1.31. The molecular weight excluding hydrogens is 382 g/mol. The Morgan fingerprint density at radius 1 is 0.963 bits per heavy atom. The van der Waals surface area contributed by atoms with E-state index in [9.17, 15) is 8.42 Å². The molecule has 2 heterocycles. The number of benzene rings is 2. The molecule has 7 heteroatoms. The standard InChI is InChI=1S/C20H19NO4S2/c22-27(23,17-8-9-18-19(13-17)25-11-2-10-24-18)21-14-15-4-6-16(7-5-15)20-3-1-12-26-20/h1,3-9,12-13,21H,2,10-11,14H2. The van der Waals surface area contributed by atoms with E-state index in [0.29, 0.717) is 24.7 Å². The van der Waals surface area contributed by atoms with Gasteiger partial charge >= 0.3 is 0 Å². The van der Waals surface area contributed by atoms with E-state index < -0.39 is 10.0 Å². The molecule has 0 radical (unpaired) electrons. The molecule has 0 saturated carbocycles. The summed E-state index contributed by atoms with van der Waals surface area (Å²) < 4.78 is 39.0. The smallest absolute Gasteiger partial charge is 0.241 e. The Kier molecular flexibility index (Phi) is 5.15. The van der Waals surface area contributed by atoms with Crippen LogP contribution in [0.25, 0.3) is 10.4 Å². The van der Waals surface area contributed by atoms with Crippen LogP contribution in [0.3, 0.4) is 0 Å². The summed E-state index contributed by atoms with van der Waals surface area (Å²) in [5, 5.41) is 2.03. The number of hydrogen-bond acceptors (Lipinski definition) is 5.